The van der Waals surface area contributed by atoms with Crippen LogP contribution in [0.4, 0.5) is 0 Å². The summed E-state index contributed by atoms with van der Waals surface area (Å²) in [6.45, 7) is 9.08. The van der Waals surface area contributed by atoms with E-state index >= 15 is 0 Å². The number of hydrogen-bond acceptors (Lipinski definition) is 3. The second-order valence-corrected chi connectivity index (χ2v) is 7.67. The van der Waals surface area contributed by atoms with Crippen LogP contribution in [0.25, 0.3) is 0 Å². The van der Waals surface area contributed by atoms with Gasteiger partial charge < -0.3 is 5.32 Å². The van der Waals surface area contributed by atoms with Crippen LogP contribution in [0.5, 0.6) is 0 Å². The van der Waals surface area contributed by atoms with Gasteiger partial charge in [0, 0.05) is 34.9 Å². The summed E-state index contributed by atoms with van der Waals surface area (Å²) in [5, 5.41) is 3.59. The minimum atomic E-state index is 0.662. The molecule has 2 rings (SSSR count). The maximum Gasteiger partial charge on any atom is 0.0327 e. The molecule has 1 aliphatic carbocycles. The summed E-state index contributed by atoms with van der Waals surface area (Å²) in [6, 6.07) is 6.05. The van der Waals surface area contributed by atoms with E-state index in [0.717, 1.165) is 25.0 Å². The fourth-order valence-corrected chi connectivity index (χ4v) is 3.43. The van der Waals surface area contributed by atoms with Crippen LogP contribution in [-0.4, -0.2) is 24.0 Å². The zero-order valence-electron chi connectivity index (χ0n) is 12.8. The van der Waals surface area contributed by atoms with Crippen LogP contribution < -0.4 is 5.32 Å². The Kier molecular flexibility index (Phi) is 5.43. The van der Waals surface area contributed by atoms with E-state index in [0.29, 0.717) is 6.04 Å². The Balaban J connectivity index is 1.77. The predicted octanol–water partition coefficient (Wildman–Crippen LogP) is 3.87. The number of nitrogens with one attached hydrogen (secondary N) is 1. The molecule has 1 N–H and O–H groups in total. The molecule has 0 radical (unpaired) electrons. The van der Waals surface area contributed by atoms with Gasteiger partial charge >= 0.3 is 0 Å². The second-order valence-electron chi connectivity index (χ2n) is 6.42. The van der Waals surface area contributed by atoms with Gasteiger partial charge in [-0.15, -0.1) is 11.3 Å². The fourth-order valence-electron chi connectivity index (χ4n) is 2.40. The lowest BCUT2D eigenvalue weighted by molar-refractivity contribution is 0.222. The highest BCUT2D eigenvalue weighted by atomic mass is 32.1. The van der Waals surface area contributed by atoms with Crippen molar-refractivity contribution in [1.82, 2.24) is 10.2 Å². The first-order valence-electron chi connectivity index (χ1n) is 7.55. The Morgan fingerprint density at radius 1 is 1.26 bits per heavy atom. The Morgan fingerprint density at radius 2 is 1.95 bits per heavy atom. The first kappa shape index (κ1) is 15.0. The topological polar surface area (TPSA) is 15.3 Å². The number of hydrogen-bond donors (Lipinski definition) is 1. The van der Waals surface area contributed by atoms with Crippen molar-refractivity contribution in [3.63, 3.8) is 0 Å². The summed E-state index contributed by atoms with van der Waals surface area (Å²) in [6.07, 6.45) is 4.01. The molecular formula is C16H28N2S. The molecule has 2 nitrogen and oxygen atoms in total. The van der Waals surface area contributed by atoms with E-state index in [4.69, 9.17) is 0 Å². The van der Waals surface area contributed by atoms with Crippen LogP contribution in [0.15, 0.2) is 12.1 Å². The van der Waals surface area contributed by atoms with Gasteiger partial charge in [-0.2, -0.15) is 0 Å². The molecule has 1 saturated carbocycles. The Labute approximate surface area is 122 Å². The highest BCUT2D eigenvalue weighted by molar-refractivity contribution is 7.11. The van der Waals surface area contributed by atoms with Gasteiger partial charge in [-0.05, 0) is 51.3 Å². The first-order valence-corrected chi connectivity index (χ1v) is 8.37. The molecule has 1 atom stereocenters. The monoisotopic (exact) mass is 280 g/mol. The van der Waals surface area contributed by atoms with E-state index in [2.05, 4.69) is 50.2 Å². The first-order chi connectivity index (χ1) is 9.04. The molecule has 19 heavy (non-hydrogen) atoms. The lowest BCUT2D eigenvalue weighted by Gasteiger charge is -2.25. The van der Waals surface area contributed by atoms with Crippen molar-refractivity contribution in [2.75, 3.05) is 7.05 Å². The molecule has 1 aromatic heterocycles. The highest BCUT2D eigenvalue weighted by Gasteiger charge is 2.20. The molecule has 1 aliphatic rings. The molecule has 0 saturated heterocycles. The summed E-state index contributed by atoms with van der Waals surface area (Å²) in [5.41, 5.74) is 0. The van der Waals surface area contributed by atoms with Gasteiger partial charge in [-0.1, -0.05) is 13.8 Å². The van der Waals surface area contributed by atoms with Gasteiger partial charge in [0.1, 0.15) is 0 Å². The zero-order valence-corrected chi connectivity index (χ0v) is 13.6. The minimum Gasteiger partial charge on any atom is -0.309 e. The SMILES string of the molecule is CC(C)CC(C)N(C)Cc1ccc(CNC2CC2)s1. The molecule has 1 aromatic rings. The van der Waals surface area contributed by atoms with Gasteiger partial charge in [0.2, 0.25) is 0 Å². The molecule has 0 spiro atoms. The molecule has 1 unspecified atom stereocenters. The van der Waals surface area contributed by atoms with E-state index in [1.165, 1.54) is 29.0 Å². The standard InChI is InChI=1S/C16H28N2S/c1-12(2)9-13(3)18(4)11-16-8-7-15(19-16)10-17-14-5-6-14/h7-8,12-14,17H,5-6,9-11H2,1-4H3. The van der Waals surface area contributed by atoms with Crippen molar-refractivity contribution in [3.05, 3.63) is 21.9 Å². The van der Waals surface area contributed by atoms with E-state index in [1.54, 1.807) is 0 Å². The quantitative estimate of drug-likeness (QED) is 0.777. The Hall–Kier alpha value is -0.380. The lowest BCUT2D eigenvalue weighted by atomic mass is 10.0. The third-order valence-corrected chi connectivity index (χ3v) is 4.90. The minimum absolute atomic E-state index is 0.662. The van der Waals surface area contributed by atoms with Crippen LogP contribution in [0.3, 0.4) is 0 Å². The van der Waals surface area contributed by atoms with E-state index < -0.39 is 0 Å². The summed E-state index contributed by atoms with van der Waals surface area (Å²) in [4.78, 5) is 5.45. The molecule has 0 aliphatic heterocycles. The van der Waals surface area contributed by atoms with Crippen molar-refractivity contribution in [2.24, 2.45) is 5.92 Å². The molecule has 3 heteroatoms. The largest absolute Gasteiger partial charge is 0.309 e. The molecule has 0 amide bonds. The van der Waals surface area contributed by atoms with Crippen LogP contribution in [-0.2, 0) is 13.1 Å². The lowest BCUT2D eigenvalue weighted by Crippen LogP contribution is -2.29. The van der Waals surface area contributed by atoms with Crippen molar-refractivity contribution in [2.45, 2.75) is 65.2 Å². The maximum atomic E-state index is 3.59. The van der Waals surface area contributed by atoms with Crippen LogP contribution in [0.1, 0.15) is 49.8 Å². The smallest absolute Gasteiger partial charge is 0.0327 e. The average molecular weight is 280 g/mol. The zero-order chi connectivity index (χ0) is 13.8. The van der Waals surface area contributed by atoms with Crippen molar-refractivity contribution in [3.8, 4) is 0 Å². The average Bonchev–Trinajstić information content (AvgIpc) is 3.06. The van der Waals surface area contributed by atoms with E-state index in [-0.39, 0.29) is 0 Å². The van der Waals surface area contributed by atoms with Crippen LogP contribution in [0, 0.1) is 5.92 Å². The van der Waals surface area contributed by atoms with Crippen LogP contribution in [0.2, 0.25) is 0 Å². The van der Waals surface area contributed by atoms with Crippen molar-refractivity contribution < 1.29 is 0 Å². The van der Waals surface area contributed by atoms with Crippen LogP contribution >= 0.6 is 11.3 Å². The van der Waals surface area contributed by atoms with Gasteiger partial charge in [0.25, 0.3) is 0 Å². The number of thiophene rings is 1. The van der Waals surface area contributed by atoms with Crippen molar-refractivity contribution in [1.29, 1.82) is 0 Å². The second kappa shape index (κ2) is 6.87. The summed E-state index contributed by atoms with van der Waals surface area (Å²) in [5.74, 6) is 0.777. The molecule has 1 heterocycles. The summed E-state index contributed by atoms with van der Waals surface area (Å²) >= 11 is 1.96. The molecule has 1 fully saturated rings. The fraction of sp³-hybridized carbons (Fsp3) is 0.750. The normalized spacial score (nSPS) is 17.4. The van der Waals surface area contributed by atoms with Crippen molar-refractivity contribution >= 4 is 11.3 Å². The summed E-state index contributed by atoms with van der Waals surface area (Å²) in [7, 11) is 2.24. The predicted molar refractivity (Wildman–Crippen MR) is 84.6 cm³/mol. The van der Waals surface area contributed by atoms with E-state index in [9.17, 15) is 0 Å². The number of rotatable bonds is 8. The maximum absolute atomic E-state index is 3.59. The van der Waals surface area contributed by atoms with E-state index in [1.807, 2.05) is 11.3 Å². The van der Waals surface area contributed by atoms with Gasteiger partial charge in [0.15, 0.2) is 0 Å². The van der Waals surface area contributed by atoms with Gasteiger partial charge in [-0.25, -0.2) is 0 Å². The molecular weight excluding hydrogens is 252 g/mol. The third kappa shape index (κ3) is 5.25. The Bertz CT molecular complexity index is 382. The number of nitrogens with zero attached hydrogens (tertiary/aromatic N) is 1. The van der Waals surface area contributed by atoms with Gasteiger partial charge in [-0.3, -0.25) is 4.90 Å². The molecule has 0 bridgehead atoms. The highest BCUT2D eigenvalue weighted by Crippen LogP contribution is 2.23. The van der Waals surface area contributed by atoms with Gasteiger partial charge in [0.05, 0.1) is 0 Å². The molecule has 108 valence electrons. The Morgan fingerprint density at radius 3 is 2.58 bits per heavy atom. The summed E-state index contributed by atoms with van der Waals surface area (Å²) < 4.78 is 0. The third-order valence-electron chi connectivity index (χ3n) is 3.83. The molecule has 0 aromatic carbocycles.